The Morgan fingerprint density at radius 2 is 2.21 bits per heavy atom. The van der Waals surface area contributed by atoms with Crippen molar-refractivity contribution < 1.29 is 4.39 Å². The van der Waals surface area contributed by atoms with Gasteiger partial charge in [-0.25, -0.2) is 4.39 Å². The number of hydrogen-bond donors (Lipinski definition) is 1. The average molecular weight is 212 g/mol. The average Bonchev–Trinajstić information content (AvgIpc) is 2.14. The number of anilines is 1. The summed E-state index contributed by atoms with van der Waals surface area (Å²) in [5.74, 6) is 5.27. The van der Waals surface area contributed by atoms with Crippen molar-refractivity contribution in [2.24, 2.45) is 0 Å². The van der Waals surface area contributed by atoms with Crippen molar-refractivity contribution in [2.45, 2.75) is 19.8 Å². The minimum atomic E-state index is -0.509. The molecular weight excluding hydrogens is 201 g/mol. The van der Waals surface area contributed by atoms with Crippen molar-refractivity contribution in [2.75, 3.05) is 5.73 Å². The number of nitrogens with two attached hydrogens (primary N) is 1. The zero-order valence-electron chi connectivity index (χ0n) is 7.90. The van der Waals surface area contributed by atoms with Crippen molar-refractivity contribution in [1.29, 1.82) is 0 Å². The first-order valence-electron chi connectivity index (χ1n) is 4.38. The van der Waals surface area contributed by atoms with Gasteiger partial charge in [-0.1, -0.05) is 30.4 Å². The highest BCUT2D eigenvalue weighted by Gasteiger charge is 2.03. The SMILES string of the molecule is CCCC#Cc1cc(Cl)c(F)cc1N. The normalized spacial score (nSPS) is 9.36. The highest BCUT2D eigenvalue weighted by Crippen LogP contribution is 2.21. The van der Waals surface area contributed by atoms with E-state index in [1.54, 1.807) is 0 Å². The fourth-order valence-electron chi connectivity index (χ4n) is 0.953. The zero-order chi connectivity index (χ0) is 10.6. The van der Waals surface area contributed by atoms with Gasteiger partial charge in [0, 0.05) is 12.0 Å². The Balaban J connectivity index is 3.00. The maximum atomic E-state index is 12.9. The summed E-state index contributed by atoms with van der Waals surface area (Å²) in [5, 5.41) is 0.0556. The standard InChI is InChI=1S/C11H11ClFN/c1-2-3-4-5-8-6-9(12)10(13)7-11(8)14/h6-7H,2-3,14H2,1H3. The van der Waals surface area contributed by atoms with E-state index in [0.29, 0.717) is 11.3 Å². The Labute approximate surface area is 88.1 Å². The van der Waals surface area contributed by atoms with Crippen molar-refractivity contribution in [3.63, 3.8) is 0 Å². The molecule has 0 aliphatic heterocycles. The molecule has 0 aromatic heterocycles. The van der Waals surface area contributed by atoms with E-state index in [0.717, 1.165) is 12.8 Å². The summed E-state index contributed by atoms with van der Waals surface area (Å²) in [5.41, 5.74) is 6.49. The van der Waals surface area contributed by atoms with E-state index in [1.807, 2.05) is 6.92 Å². The molecule has 14 heavy (non-hydrogen) atoms. The molecule has 0 aliphatic rings. The molecule has 0 saturated carbocycles. The summed E-state index contributed by atoms with van der Waals surface area (Å²) >= 11 is 5.60. The Kier molecular flexibility index (Phi) is 3.79. The third-order valence-electron chi connectivity index (χ3n) is 1.69. The monoisotopic (exact) mass is 211 g/mol. The van der Waals surface area contributed by atoms with Crippen LogP contribution in [0.2, 0.25) is 5.02 Å². The first kappa shape index (κ1) is 10.9. The van der Waals surface area contributed by atoms with E-state index in [-0.39, 0.29) is 5.02 Å². The van der Waals surface area contributed by atoms with Crippen molar-refractivity contribution in [3.05, 3.63) is 28.5 Å². The Morgan fingerprint density at radius 1 is 1.50 bits per heavy atom. The molecule has 0 amide bonds. The molecule has 0 heterocycles. The molecule has 1 aromatic carbocycles. The summed E-state index contributed by atoms with van der Waals surface area (Å²) in [6, 6.07) is 2.65. The molecule has 0 fully saturated rings. The minimum Gasteiger partial charge on any atom is -0.398 e. The summed E-state index contributed by atoms with van der Waals surface area (Å²) in [7, 11) is 0. The van der Waals surface area contributed by atoms with E-state index in [2.05, 4.69) is 11.8 Å². The lowest BCUT2D eigenvalue weighted by Gasteiger charge is -1.99. The van der Waals surface area contributed by atoms with Gasteiger partial charge in [0.1, 0.15) is 5.82 Å². The fourth-order valence-corrected chi connectivity index (χ4v) is 1.12. The van der Waals surface area contributed by atoms with Crippen LogP contribution in [-0.4, -0.2) is 0 Å². The summed E-state index contributed by atoms with van der Waals surface area (Å²) in [4.78, 5) is 0. The van der Waals surface area contributed by atoms with Crippen LogP contribution in [0, 0.1) is 17.7 Å². The molecule has 0 atom stereocenters. The maximum absolute atomic E-state index is 12.9. The Hall–Kier alpha value is -1.20. The van der Waals surface area contributed by atoms with Crippen LogP contribution in [0.15, 0.2) is 12.1 Å². The predicted molar refractivity (Wildman–Crippen MR) is 57.6 cm³/mol. The molecule has 1 rings (SSSR count). The fraction of sp³-hybridized carbons (Fsp3) is 0.273. The molecule has 1 aromatic rings. The van der Waals surface area contributed by atoms with Crippen LogP contribution in [0.25, 0.3) is 0 Å². The van der Waals surface area contributed by atoms with Gasteiger partial charge in [0.05, 0.1) is 10.7 Å². The van der Waals surface area contributed by atoms with Crippen LogP contribution in [0.1, 0.15) is 25.3 Å². The number of rotatable bonds is 1. The smallest absolute Gasteiger partial charge is 0.143 e. The van der Waals surface area contributed by atoms with Crippen LogP contribution in [-0.2, 0) is 0 Å². The molecule has 1 nitrogen and oxygen atoms in total. The Bertz CT molecular complexity index is 390. The minimum absolute atomic E-state index is 0.0556. The third kappa shape index (κ3) is 2.65. The Morgan fingerprint density at radius 3 is 2.86 bits per heavy atom. The zero-order valence-corrected chi connectivity index (χ0v) is 8.66. The van der Waals surface area contributed by atoms with E-state index < -0.39 is 5.82 Å². The number of benzene rings is 1. The van der Waals surface area contributed by atoms with E-state index in [4.69, 9.17) is 17.3 Å². The van der Waals surface area contributed by atoms with Gasteiger partial charge in [0.15, 0.2) is 0 Å². The topological polar surface area (TPSA) is 26.0 Å². The van der Waals surface area contributed by atoms with Crippen LogP contribution in [0.4, 0.5) is 10.1 Å². The molecule has 0 radical (unpaired) electrons. The molecule has 3 heteroatoms. The van der Waals surface area contributed by atoms with E-state index >= 15 is 0 Å². The summed E-state index contributed by atoms with van der Waals surface area (Å²) in [6.07, 6.45) is 1.79. The first-order valence-corrected chi connectivity index (χ1v) is 4.76. The van der Waals surface area contributed by atoms with Gasteiger partial charge in [-0.3, -0.25) is 0 Å². The van der Waals surface area contributed by atoms with Crippen LogP contribution in [0.5, 0.6) is 0 Å². The van der Waals surface area contributed by atoms with Gasteiger partial charge >= 0.3 is 0 Å². The van der Waals surface area contributed by atoms with Crippen LogP contribution in [0.3, 0.4) is 0 Å². The number of nitrogen functional groups attached to an aromatic ring is 1. The molecule has 2 N–H and O–H groups in total. The van der Waals surface area contributed by atoms with Crippen LogP contribution < -0.4 is 5.73 Å². The number of unbranched alkanes of at least 4 members (excludes halogenated alkanes) is 1. The second-order valence-electron chi connectivity index (χ2n) is 2.91. The molecule has 0 spiro atoms. The van der Waals surface area contributed by atoms with E-state index in [1.165, 1.54) is 12.1 Å². The first-order chi connectivity index (χ1) is 6.65. The van der Waals surface area contributed by atoms with Gasteiger partial charge in [0.25, 0.3) is 0 Å². The number of halogens is 2. The highest BCUT2D eigenvalue weighted by atomic mass is 35.5. The van der Waals surface area contributed by atoms with Gasteiger partial charge in [-0.15, -0.1) is 0 Å². The molecule has 0 bridgehead atoms. The van der Waals surface area contributed by atoms with Crippen molar-refractivity contribution in [3.8, 4) is 11.8 Å². The second-order valence-corrected chi connectivity index (χ2v) is 3.31. The molecule has 0 saturated heterocycles. The second kappa shape index (κ2) is 4.88. The van der Waals surface area contributed by atoms with Gasteiger partial charge in [-0.2, -0.15) is 0 Å². The molecule has 74 valence electrons. The van der Waals surface area contributed by atoms with Crippen molar-refractivity contribution >= 4 is 17.3 Å². The van der Waals surface area contributed by atoms with Crippen molar-refractivity contribution in [1.82, 2.24) is 0 Å². The summed E-state index contributed by atoms with van der Waals surface area (Å²) < 4.78 is 12.9. The summed E-state index contributed by atoms with van der Waals surface area (Å²) in [6.45, 7) is 2.04. The molecular formula is C11H11ClFN. The lowest BCUT2D eigenvalue weighted by atomic mass is 10.1. The molecule has 0 unspecified atom stereocenters. The number of hydrogen-bond acceptors (Lipinski definition) is 1. The lowest BCUT2D eigenvalue weighted by Crippen LogP contribution is -1.92. The third-order valence-corrected chi connectivity index (χ3v) is 1.98. The molecule has 0 aliphatic carbocycles. The highest BCUT2D eigenvalue weighted by molar-refractivity contribution is 6.30. The van der Waals surface area contributed by atoms with Crippen LogP contribution >= 0.6 is 11.6 Å². The largest absolute Gasteiger partial charge is 0.398 e. The van der Waals surface area contributed by atoms with E-state index in [9.17, 15) is 4.39 Å². The lowest BCUT2D eigenvalue weighted by molar-refractivity contribution is 0.629. The van der Waals surface area contributed by atoms with Gasteiger partial charge in [-0.05, 0) is 18.6 Å². The maximum Gasteiger partial charge on any atom is 0.143 e. The van der Waals surface area contributed by atoms with Gasteiger partial charge < -0.3 is 5.73 Å². The predicted octanol–water partition coefficient (Wildman–Crippen LogP) is 3.21. The quantitative estimate of drug-likeness (QED) is 0.560. The van der Waals surface area contributed by atoms with Gasteiger partial charge in [0.2, 0.25) is 0 Å².